The molecule has 0 heterocycles. The van der Waals surface area contributed by atoms with Crippen LogP contribution >= 0.6 is 0 Å². The Hall–Kier alpha value is -2.72. The summed E-state index contributed by atoms with van der Waals surface area (Å²) in [6.45, 7) is 7.62. The number of allylic oxidation sites excluding steroid dienone is 2. The molecule has 108 valence electrons. The fraction of sp³-hybridized carbons (Fsp3) is 0.294. The first-order valence-electron chi connectivity index (χ1n) is 6.56. The van der Waals surface area contributed by atoms with Crippen LogP contribution in [0.3, 0.4) is 0 Å². The van der Waals surface area contributed by atoms with E-state index in [1.165, 1.54) is 6.08 Å². The van der Waals surface area contributed by atoms with Crippen LogP contribution < -0.4 is 9.47 Å². The largest absolute Gasteiger partial charge is 0.493 e. The van der Waals surface area contributed by atoms with E-state index in [9.17, 15) is 0 Å². The van der Waals surface area contributed by atoms with Crippen LogP contribution in [0.5, 0.6) is 11.5 Å². The minimum atomic E-state index is 0.0117. The van der Waals surface area contributed by atoms with Gasteiger partial charge in [0.1, 0.15) is 17.7 Å². The van der Waals surface area contributed by atoms with Crippen molar-refractivity contribution in [3.05, 3.63) is 41.5 Å². The summed E-state index contributed by atoms with van der Waals surface area (Å²) in [5.41, 5.74) is 1.66. The molecule has 4 nitrogen and oxygen atoms in total. The fourth-order valence-corrected chi connectivity index (χ4v) is 1.85. The Bertz CT molecular complexity index is 615. The Morgan fingerprint density at radius 3 is 2.48 bits per heavy atom. The first-order valence-corrected chi connectivity index (χ1v) is 6.56. The molecule has 0 N–H and O–H groups in total. The fourth-order valence-electron chi connectivity index (χ4n) is 1.85. The molecule has 0 aliphatic rings. The van der Waals surface area contributed by atoms with Gasteiger partial charge in [0.25, 0.3) is 0 Å². The Morgan fingerprint density at radius 1 is 1.33 bits per heavy atom. The molecular formula is C17H18N2O2. The zero-order chi connectivity index (χ0) is 15.8. The van der Waals surface area contributed by atoms with Crippen LogP contribution in [0.4, 0.5) is 0 Å². The predicted molar refractivity (Wildman–Crippen MR) is 81.9 cm³/mol. The van der Waals surface area contributed by atoms with Crippen molar-refractivity contribution in [2.24, 2.45) is 0 Å². The van der Waals surface area contributed by atoms with E-state index in [1.807, 2.05) is 32.1 Å². The highest BCUT2D eigenvalue weighted by molar-refractivity contribution is 5.66. The summed E-state index contributed by atoms with van der Waals surface area (Å²) >= 11 is 0. The Labute approximate surface area is 125 Å². The van der Waals surface area contributed by atoms with Gasteiger partial charge in [-0.05, 0) is 44.0 Å². The molecule has 0 bridgehead atoms. The van der Waals surface area contributed by atoms with E-state index in [-0.39, 0.29) is 11.7 Å². The van der Waals surface area contributed by atoms with Gasteiger partial charge in [0.2, 0.25) is 0 Å². The second-order valence-corrected chi connectivity index (χ2v) is 4.65. The third kappa shape index (κ3) is 4.40. The lowest BCUT2D eigenvalue weighted by Gasteiger charge is -2.18. The van der Waals surface area contributed by atoms with Crippen LogP contribution in [-0.2, 0) is 6.42 Å². The summed E-state index contributed by atoms with van der Waals surface area (Å²) in [5, 5.41) is 17.7. The van der Waals surface area contributed by atoms with Gasteiger partial charge in [-0.1, -0.05) is 6.08 Å². The topological polar surface area (TPSA) is 66.0 Å². The van der Waals surface area contributed by atoms with E-state index in [0.29, 0.717) is 17.9 Å². The van der Waals surface area contributed by atoms with E-state index < -0.39 is 0 Å². The van der Waals surface area contributed by atoms with E-state index in [4.69, 9.17) is 20.0 Å². The van der Waals surface area contributed by atoms with Gasteiger partial charge in [0.05, 0.1) is 13.2 Å². The van der Waals surface area contributed by atoms with Gasteiger partial charge < -0.3 is 9.47 Å². The van der Waals surface area contributed by atoms with Crippen LogP contribution in [0.1, 0.15) is 25.0 Å². The molecular weight excluding hydrogens is 264 g/mol. The molecule has 1 rings (SSSR count). The number of ether oxygens (including phenoxy) is 2. The van der Waals surface area contributed by atoms with Gasteiger partial charge in [0, 0.05) is 5.56 Å². The molecule has 1 aromatic carbocycles. The highest BCUT2D eigenvalue weighted by Gasteiger charge is 2.13. The lowest BCUT2D eigenvalue weighted by Crippen LogP contribution is -2.09. The lowest BCUT2D eigenvalue weighted by molar-refractivity contribution is 0.228. The van der Waals surface area contributed by atoms with E-state index in [0.717, 1.165) is 11.1 Å². The number of nitrogens with zero attached hydrogens (tertiary/aromatic N) is 2. The number of hydrogen-bond acceptors (Lipinski definition) is 4. The summed E-state index contributed by atoms with van der Waals surface area (Å²) in [7, 11) is 1.56. The summed E-state index contributed by atoms with van der Waals surface area (Å²) < 4.78 is 11.2. The Morgan fingerprint density at radius 2 is 2.00 bits per heavy atom. The van der Waals surface area contributed by atoms with Gasteiger partial charge in [-0.25, -0.2) is 0 Å². The summed E-state index contributed by atoms with van der Waals surface area (Å²) in [5.74, 6) is 1.24. The minimum Gasteiger partial charge on any atom is -0.493 e. The van der Waals surface area contributed by atoms with Crippen LogP contribution in [0.2, 0.25) is 0 Å². The molecule has 21 heavy (non-hydrogen) atoms. The quantitative estimate of drug-likeness (QED) is 0.590. The lowest BCUT2D eigenvalue weighted by atomic mass is 10.0. The molecule has 0 unspecified atom stereocenters. The molecule has 4 heteroatoms. The number of methoxy groups -OCH3 is 1. The normalized spacial score (nSPS) is 9.43. The van der Waals surface area contributed by atoms with Crippen LogP contribution in [0.15, 0.2) is 30.4 Å². The number of nitriles is 2. The van der Waals surface area contributed by atoms with Gasteiger partial charge in [-0.2, -0.15) is 10.5 Å². The zero-order valence-electron chi connectivity index (χ0n) is 12.5. The maximum absolute atomic E-state index is 8.85. The molecule has 0 spiro atoms. The molecule has 0 radical (unpaired) electrons. The number of hydrogen-bond donors (Lipinski definition) is 0. The molecule has 0 saturated heterocycles. The minimum absolute atomic E-state index is 0.0117. The van der Waals surface area contributed by atoms with Crippen molar-refractivity contribution in [1.29, 1.82) is 10.5 Å². The second kappa shape index (κ2) is 7.77. The maximum Gasteiger partial charge on any atom is 0.165 e. The van der Waals surface area contributed by atoms with E-state index in [1.54, 1.807) is 19.3 Å². The third-order valence-electron chi connectivity index (χ3n) is 2.64. The van der Waals surface area contributed by atoms with Crippen LogP contribution in [0, 0.1) is 22.7 Å². The SMILES string of the molecule is C=CCc1cc(C=C(C#N)C#N)cc(OC)c1OC(C)C. The highest BCUT2D eigenvalue weighted by atomic mass is 16.5. The number of rotatable bonds is 6. The Balaban J connectivity index is 3.43. The van der Waals surface area contributed by atoms with Crippen molar-refractivity contribution in [2.75, 3.05) is 7.11 Å². The average Bonchev–Trinajstić information content (AvgIpc) is 2.46. The van der Waals surface area contributed by atoms with E-state index >= 15 is 0 Å². The van der Waals surface area contributed by atoms with Crippen molar-refractivity contribution in [3.8, 4) is 23.6 Å². The first kappa shape index (κ1) is 16.3. The first-order chi connectivity index (χ1) is 10.0. The van der Waals surface area contributed by atoms with Crippen molar-refractivity contribution < 1.29 is 9.47 Å². The van der Waals surface area contributed by atoms with Crippen molar-refractivity contribution >= 4 is 6.08 Å². The maximum atomic E-state index is 8.85. The number of benzene rings is 1. The molecule has 0 aliphatic carbocycles. The molecule has 0 amide bonds. The average molecular weight is 282 g/mol. The molecule has 0 aromatic heterocycles. The summed E-state index contributed by atoms with van der Waals surface area (Å²) in [6, 6.07) is 7.31. The molecule has 0 aliphatic heterocycles. The highest BCUT2D eigenvalue weighted by Crippen LogP contribution is 2.35. The summed E-state index contributed by atoms with van der Waals surface area (Å²) in [6.07, 6.45) is 3.91. The zero-order valence-corrected chi connectivity index (χ0v) is 12.5. The molecule has 0 saturated carbocycles. The van der Waals surface area contributed by atoms with Gasteiger partial charge in [0.15, 0.2) is 11.5 Å². The van der Waals surface area contributed by atoms with Gasteiger partial charge in [-0.15, -0.1) is 6.58 Å². The smallest absolute Gasteiger partial charge is 0.165 e. The molecule has 0 fully saturated rings. The standard InChI is InChI=1S/C17H18N2O2/c1-5-6-15-8-13(7-14(10-18)11-19)9-16(20-4)17(15)21-12(2)3/h5,7-9,12H,1,6H2,2-4H3. The van der Waals surface area contributed by atoms with Crippen molar-refractivity contribution in [1.82, 2.24) is 0 Å². The second-order valence-electron chi connectivity index (χ2n) is 4.65. The van der Waals surface area contributed by atoms with Crippen LogP contribution in [-0.4, -0.2) is 13.2 Å². The third-order valence-corrected chi connectivity index (χ3v) is 2.64. The van der Waals surface area contributed by atoms with E-state index in [2.05, 4.69) is 6.58 Å². The molecule has 0 atom stereocenters. The van der Waals surface area contributed by atoms with Crippen molar-refractivity contribution in [2.45, 2.75) is 26.4 Å². The monoisotopic (exact) mass is 282 g/mol. The van der Waals surface area contributed by atoms with Gasteiger partial charge >= 0.3 is 0 Å². The molecule has 1 aromatic rings. The summed E-state index contributed by atoms with van der Waals surface area (Å²) in [4.78, 5) is 0. The van der Waals surface area contributed by atoms with Crippen LogP contribution in [0.25, 0.3) is 6.08 Å². The van der Waals surface area contributed by atoms with Crippen molar-refractivity contribution in [3.63, 3.8) is 0 Å². The predicted octanol–water partition coefficient (Wildman–Crippen LogP) is 3.64. The Kier molecular flexibility index (Phi) is 6.04. The van der Waals surface area contributed by atoms with Gasteiger partial charge in [-0.3, -0.25) is 0 Å².